The molecule has 0 aromatic heterocycles. The van der Waals surface area contributed by atoms with Crippen molar-refractivity contribution in [1.29, 1.82) is 0 Å². The minimum atomic E-state index is -3.22. The van der Waals surface area contributed by atoms with Gasteiger partial charge in [0, 0.05) is 5.92 Å². The van der Waals surface area contributed by atoms with Gasteiger partial charge >= 0.3 is 7.82 Å². The third kappa shape index (κ3) is 3.06. The van der Waals surface area contributed by atoms with Crippen LogP contribution in [0.5, 0.6) is 0 Å². The van der Waals surface area contributed by atoms with E-state index < -0.39 is 7.82 Å². The Morgan fingerprint density at radius 1 is 1.36 bits per heavy atom. The van der Waals surface area contributed by atoms with E-state index in [-0.39, 0.29) is 11.3 Å². The number of rotatable bonds is 2. The molecule has 0 bridgehead atoms. The Morgan fingerprint density at radius 2 is 1.86 bits per heavy atom. The minimum Gasteiger partial charge on any atom is -0.287 e. The van der Waals surface area contributed by atoms with Crippen LogP contribution in [0.3, 0.4) is 0 Å². The lowest BCUT2D eigenvalue weighted by molar-refractivity contribution is 0.00175. The molecule has 0 unspecified atom stereocenters. The molecule has 1 aliphatic heterocycles. The van der Waals surface area contributed by atoms with Crippen molar-refractivity contribution in [2.75, 3.05) is 19.8 Å². The fourth-order valence-electron chi connectivity index (χ4n) is 1.18. The zero-order valence-corrected chi connectivity index (χ0v) is 10.2. The van der Waals surface area contributed by atoms with Gasteiger partial charge in [-0.25, -0.2) is 4.57 Å². The molecule has 0 aromatic rings. The van der Waals surface area contributed by atoms with Gasteiger partial charge in [-0.1, -0.05) is 20.8 Å². The molecule has 1 aliphatic rings. The van der Waals surface area contributed by atoms with Crippen molar-refractivity contribution in [2.45, 2.75) is 27.7 Å². The standard InChI is InChI=1S/C9H19O4P/c1-5-11-14(10)12-6-8(7-13-14)9(2,3)4/h8H,5-7H2,1-4H3. The van der Waals surface area contributed by atoms with Gasteiger partial charge in [0.2, 0.25) is 0 Å². The maximum atomic E-state index is 11.6. The lowest BCUT2D eigenvalue weighted by Crippen LogP contribution is -2.32. The van der Waals surface area contributed by atoms with Crippen molar-refractivity contribution >= 4 is 7.82 Å². The number of phosphoric ester groups is 1. The second kappa shape index (κ2) is 4.31. The normalized spacial score (nSPS) is 34.4. The highest BCUT2D eigenvalue weighted by atomic mass is 31.2. The summed E-state index contributed by atoms with van der Waals surface area (Å²) in [7, 11) is -3.22. The van der Waals surface area contributed by atoms with Crippen molar-refractivity contribution in [2.24, 2.45) is 11.3 Å². The Morgan fingerprint density at radius 3 is 2.21 bits per heavy atom. The first kappa shape index (κ1) is 12.2. The topological polar surface area (TPSA) is 44.8 Å². The number of hydrogen-bond acceptors (Lipinski definition) is 4. The van der Waals surface area contributed by atoms with Crippen molar-refractivity contribution in [3.8, 4) is 0 Å². The molecule has 0 aliphatic carbocycles. The molecule has 5 heteroatoms. The molecule has 0 amide bonds. The van der Waals surface area contributed by atoms with Crippen LogP contribution < -0.4 is 0 Å². The van der Waals surface area contributed by atoms with Crippen LogP contribution in [-0.2, 0) is 18.1 Å². The quantitative estimate of drug-likeness (QED) is 0.674. The van der Waals surface area contributed by atoms with Gasteiger partial charge in [0.15, 0.2) is 0 Å². The van der Waals surface area contributed by atoms with Gasteiger partial charge in [-0.15, -0.1) is 0 Å². The van der Waals surface area contributed by atoms with E-state index in [2.05, 4.69) is 20.8 Å². The zero-order valence-electron chi connectivity index (χ0n) is 9.28. The molecule has 0 atom stereocenters. The summed E-state index contributed by atoms with van der Waals surface area (Å²) in [5, 5.41) is 0. The molecule has 0 radical (unpaired) electrons. The second-order valence-corrected chi connectivity index (χ2v) is 6.19. The molecule has 1 heterocycles. The summed E-state index contributed by atoms with van der Waals surface area (Å²) < 4.78 is 26.9. The van der Waals surface area contributed by atoms with Crippen LogP contribution in [0.1, 0.15) is 27.7 Å². The molecule has 1 fully saturated rings. The van der Waals surface area contributed by atoms with Crippen LogP contribution in [0.15, 0.2) is 0 Å². The van der Waals surface area contributed by atoms with Crippen molar-refractivity contribution < 1.29 is 18.1 Å². The van der Waals surface area contributed by atoms with Gasteiger partial charge in [0.1, 0.15) is 0 Å². The Balaban J connectivity index is 2.50. The lowest BCUT2D eigenvalue weighted by Gasteiger charge is -2.35. The highest BCUT2D eigenvalue weighted by Gasteiger charge is 2.38. The lowest BCUT2D eigenvalue weighted by atomic mass is 9.82. The largest absolute Gasteiger partial charge is 0.474 e. The van der Waals surface area contributed by atoms with Crippen LogP contribution in [-0.4, -0.2) is 19.8 Å². The molecule has 4 nitrogen and oxygen atoms in total. The average molecular weight is 222 g/mol. The van der Waals surface area contributed by atoms with E-state index in [1.807, 2.05) is 0 Å². The van der Waals surface area contributed by atoms with Gasteiger partial charge < -0.3 is 0 Å². The average Bonchev–Trinajstić information content (AvgIpc) is 2.03. The molecular formula is C9H19O4P. The molecule has 1 rings (SSSR count). The fraction of sp³-hybridized carbons (Fsp3) is 1.00. The molecule has 1 saturated heterocycles. The van der Waals surface area contributed by atoms with Crippen LogP contribution in [0.4, 0.5) is 0 Å². The highest BCUT2D eigenvalue weighted by Crippen LogP contribution is 2.54. The third-order valence-corrected chi connectivity index (χ3v) is 3.88. The SMILES string of the molecule is CCOP1(=O)OCC(C(C)(C)C)CO1. The van der Waals surface area contributed by atoms with E-state index in [0.29, 0.717) is 19.8 Å². The van der Waals surface area contributed by atoms with Gasteiger partial charge in [-0.3, -0.25) is 13.6 Å². The molecule has 14 heavy (non-hydrogen) atoms. The summed E-state index contributed by atoms with van der Waals surface area (Å²) in [5.74, 6) is 0.269. The van der Waals surface area contributed by atoms with Crippen molar-refractivity contribution in [3.63, 3.8) is 0 Å². The Bertz CT molecular complexity index is 221. The molecular weight excluding hydrogens is 203 g/mol. The molecule has 0 saturated carbocycles. The zero-order chi connectivity index (χ0) is 10.8. The maximum Gasteiger partial charge on any atom is 0.474 e. The van der Waals surface area contributed by atoms with Crippen molar-refractivity contribution in [3.05, 3.63) is 0 Å². The van der Waals surface area contributed by atoms with E-state index in [4.69, 9.17) is 13.6 Å². The summed E-state index contributed by atoms with van der Waals surface area (Å²) >= 11 is 0. The van der Waals surface area contributed by atoms with Gasteiger partial charge in [-0.2, -0.15) is 0 Å². The first-order chi connectivity index (χ1) is 6.37. The van der Waals surface area contributed by atoms with Crippen molar-refractivity contribution in [1.82, 2.24) is 0 Å². The van der Waals surface area contributed by atoms with Gasteiger partial charge in [0.25, 0.3) is 0 Å². The summed E-state index contributed by atoms with van der Waals surface area (Å²) in [5.41, 5.74) is 0.109. The molecule has 0 spiro atoms. The smallest absolute Gasteiger partial charge is 0.287 e. The third-order valence-electron chi connectivity index (χ3n) is 2.38. The Hall–Kier alpha value is 0.110. The molecule has 84 valence electrons. The van der Waals surface area contributed by atoms with E-state index in [0.717, 1.165) is 0 Å². The first-order valence-electron chi connectivity index (χ1n) is 4.91. The van der Waals surface area contributed by atoms with Crippen LogP contribution >= 0.6 is 7.82 Å². The van der Waals surface area contributed by atoms with Gasteiger partial charge in [-0.05, 0) is 12.3 Å². The summed E-state index contributed by atoms with van der Waals surface area (Å²) in [6, 6.07) is 0. The maximum absolute atomic E-state index is 11.6. The van der Waals surface area contributed by atoms with Gasteiger partial charge in [0.05, 0.1) is 19.8 Å². The minimum absolute atomic E-state index is 0.109. The monoisotopic (exact) mass is 222 g/mol. The summed E-state index contributed by atoms with van der Waals surface area (Å²) in [4.78, 5) is 0. The Kier molecular flexibility index (Phi) is 3.75. The number of hydrogen-bond donors (Lipinski definition) is 0. The fourth-order valence-corrected chi connectivity index (χ4v) is 2.45. The second-order valence-electron chi connectivity index (χ2n) is 4.52. The summed E-state index contributed by atoms with van der Waals surface area (Å²) in [6.45, 7) is 9.34. The number of phosphoric acid groups is 1. The van der Waals surface area contributed by atoms with E-state index >= 15 is 0 Å². The Labute approximate surface area is 85.5 Å². The van der Waals surface area contributed by atoms with E-state index in [1.165, 1.54) is 0 Å². The van der Waals surface area contributed by atoms with Crippen LogP contribution in [0, 0.1) is 11.3 Å². The summed E-state index contributed by atoms with van der Waals surface area (Å²) in [6.07, 6.45) is 0. The van der Waals surface area contributed by atoms with Crippen LogP contribution in [0.2, 0.25) is 0 Å². The van der Waals surface area contributed by atoms with Crippen LogP contribution in [0.25, 0.3) is 0 Å². The molecule has 0 aromatic carbocycles. The van der Waals surface area contributed by atoms with E-state index in [1.54, 1.807) is 6.92 Å². The predicted molar refractivity (Wildman–Crippen MR) is 54.1 cm³/mol. The first-order valence-corrected chi connectivity index (χ1v) is 6.37. The van der Waals surface area contributed by atoms with E-state index in [9.17, 15) is 4.57 Å². The molecule has 0 N–H and O–H groups in total. The highest BCUT2D eigenvalue weighted by molar-refractivity contribution is 7.48. The predicted octanol–water partition coefficient (Wildman–Crippen LogP) is 2.84.